The average molecular weight is 484 g/mol. The fourth-order valence-corrected chi connectivity index (χ4v) is 4.12. The van der Waals surface area contributed by atoms with E-state index in [1.165, 1.54) is 0 Å². The van der Waals surface area contributed by atoms with Gasteiger partial charge >= 0.3 is 6.03 Å². The summed E-state index contributed by atoms with van der Waals surface area (Å²) < 4.78 is 6.42. The first-order chi connectivity index (χ1) is 16.7. The van der Waals surface area contributed by atoms with Crippen LogP contribution in [0.3, 0.4) is 0 Å². The van der Waals surface area contributed by atoms with E-state index in [1.54, 1.807) is 35.5 Å². The SMILES string of the molecule is CC(C)NC(=O)Nc1ccc2c(c1)C(=O)N([C@@H](C)CO)C[C@H](C)[C@H](CN(C)Cc1ccncc1)O2. The number of carbonyl (C=O) groups is 2. The highest BCUT2D eigenvalue weighted by Crippen LogP contribution is 2.30. The zero-order valence-corrected chi connectivity index (χ0v) is 21.2. The van der Waals surface area contributed by atoms with Crippen LogP contribution in [-0.2, 0) is 6.54 Å². The average Bonchev–Trinajstić information content (AvgIpc) is 2.81. The molecule has 1 aliphatic rings. The van der Waals surface area contributed by atoms with E-state index in [0.717, 1.165) is 12.1 Å². The molecule has 1 aromatic heterocycles. The number of aliphatic hydroxyl groups is 1. The van der Waals surface area contributed by atoms with Gasteiger partial charge in [-0.15, -0.1) is 0 Å². The first kappa shape index (κ1) is 26.4. The number of fused-ring (bicyclic) bond motifs is 1. The highest BCUT2D eigenvalue weighted by atomic mass is 16.5. The predicted molar refractivity (Wildman–Crippen MR) is 135 cm³/mol. The zero-order chi connectivity index (χ0) is 25.5. The number of aliphatic hydroxyl groups excluding tert-OH is 1. The maximum Gasteiger partial charge on any atom is 0.319 e. The first-order valence-corrected chi connectivity index (χ1v) is 12.1. The van der Waals surface area contributed by atoms with E-state index in [0.29, 0.717) is 30.1 Å². The standard InChI is InChI=1S/C26H37N5O4/c1-17(2)28-26(34)29-21-6-7-23-22(12-21)25(33)31(19(4)16-32)13-18(3)24(35-23)15-30(5)14-20-8-10-27-11-9-20/h6-12,17-19,24,32H,13-16H2,1-5H3,(H2,28,29,34)/t18-,19-,24-/m0/s1. The summed E-state index contributed by atoms with van der Waals surface area (Å²) in [6, 6.07) is 8.36. The molecule has 9 heteroatoms. The number of pyridine rings is 1. The summed E-state index contributed by atoms with van der Waals surface area (Å²) in [6.07, 6.45) is 3.37. The normalized spacial score (nSPS) is 19.0. The van der Waals surface area contributed by atoms with E-state index < -0.39 is 0 Å². The molecule has 3 amide bonds. The first-order valence-electron chi connectivity index (χ1n) is 12.1. The van der Waals surface area contributed by atoms with E-state index in [1.807, 2.05) is 40.0 Å². The molecule has 0 spiro atoms. The second-order valence-electron chi connectivity index (χ2n) is 9.64. The maximum atomic E-state index is 13.5. The van der Waals surface area contributed by atoms with Gasteiger partial charge in [-0.05, 0) is 63.7 Å². The van der Waals surface area contributed by atoms with E-state index in [2.05, 4.69) is 27.4 Å². The van der Waals surface area contributed by atoms with Crippen LogP contribution in [0.4, 0.5) is 10.5 Å². The topological polar surface area (TPSA) is 107 Å². The van der Waals surface area contributed by atoms with E-state index in [9.17, 15) is 14.7 Å². The van der Waals surface area contributed by atoms with Gasteiger partial charge in [0.1, 0.15) is 11.9 Å². The summed E-state index contributed by atoms with van der Waals surface area (Å²) in [5.74, 6) is 0.259. The molecule has 2 heterocycles. The number of nitrogens with one attached hydrogen (secondary N) is 2. The van der Waals surface area contributed by atoms with Crippen LogP contribution in [0.25, 0.3) is 0 Å². The van der Waals surface area contributed by atoms with Crippen LogP contribution in [0.2, 0.25) is 0 Å². The van der Waals surface area contributed by atoms with Crippen molar-refractivity contribution in [2.45, 2.75) is 52.4 Å². The van der Waals surface area contributed by atoms with Gasteiger partial charge in [0.05, 0.1) is 18.2 Å². The molecule has 0 saturated carbocycles. The molecule has 0 aliphatic carbocycles. The molecular weight excluding hydrogens is 446 g/mol. The summed E-state index contributed by atoms with van der Waals surface area (Å²) in [6.45, 7) is 9.33. The van der Waals surface area contributed by atoms with Gasteiger partial charge in [-0.2, -0.15) is 0 Å². The van der Waals surface area contributed by atoms with E-state index >= 15 is 0 Å². The minimum atomic E-state index is -0.355. The van der Waals surface area contributed by atoms with Gasteiger partial charge in [-0.3, -0.25) is 14.7 Å². The molecule has 35 heavy (non-hydrogen) atoms. The highest BCUT2D eigenvalue weighted by molar-refractivity contribution is 5.99. The fourth-order valence-electron chi connectivity index (χ4n) is 4.12. The van der Waals surface area contributed by atoms with E-state index in [4.69, 9.17) is 4.74 Å². The summed E-state index contributed by atoms with van der Waals surface area (Å²) in [7, 11) is 2.04. The highest BCUT2D eigenvalue weighted by Gasteiger charge is 2.33. The number of nitrogens with zero attached hydrogens (tertiary/aromatic N) is 3. The van der Waals surface area contributed by atoms with Gasteiger partial charge in [0.25, 0.3) is 5.91 Å². The van der Waals surface area contributed by atoms with Crippen LogP contribution in [0.15, 0.2) is 42.7 Å². The van der Waals surface area contributed by atoms with Crippen LogP contribution in [0, 0.1) is 5.92 Å². The fraction of sp³-hybridized carbons (Fsp3) is 0.500. The predicted octanol–water partition coefficient (Wildman–Crippen LogP) is 2.96. The van der Waals surface area contributed by atoms with Crippen molar-refractivity contribution in [3.8, 4) is 5.75 Å². The van der Waals surface area contributed by atoms with Crippen molar-refractivity contribution in [1.82, 2.24) is 20.1 Å². The molecule has 2 aromatic rings. The van der Waals surface area contributed by atoms with Crippen molar-refractivity contribution in [3.63, 3.8) is 0 Å². The van der Waals surface area contributed by atoms with Crippen LogP contribution < -0.4 is 15.4 Å². The lowest BCUT2D eigenvalue weighted by Gasteiger charge is -2.38. The third kappa shape index (κ3) is 7.16. The molecule has 0 bridgehead atoms. The third-order valence-electron chi connectivity index (χ3n) is 6.04. The molecule has 1 aromatic carbocycles. The van der Waals surface area contributed by atoms with Crippen molar-refractivity contribution >= 4 is 17.6 Å². The molecule has 0 radical (unpaired) electrons. The lowest BCUT2D eigenvalue weighted by atomic mass is 9.99. The van der Waals surface area contributed by atoms with Crippen molar-refractivity contribution in [2.24, 2.45) is 5.92 Å². The second-order valence-corrected chi connectivity index (χ2v) is 9.64. The Morgan fingerprint density at radius 2 is 1.97 bits per heavy atom. The van der Waals surface area contributed by atoms with Crippen molar-refractivity contribution < 1.29 is 19.4 Å². The van der Waals surface area contributed by atoms with E-state index in [-0.39, 0.29) is 42.7 Å². The Hall–Kier alpha value is -3.17. The monoisotopic (exact) mass is 483 g/mol. The third-order valence-corrected chi connectivity index (χ3v) is 6.04. The summed E-state index contributed by atoms with van der Waals surface area (Å²) >= 11 is 0. The van der Waals surface area contributed by atoms with Gasteiger partial charge in [0.15, 0.2) is 0 Å². The number of anilines is 1. The summed E-state index contributed by atoms with van der Waals surface area (Å²) in [4.78, 5) is 33.7. The number of benzene rings is 1. The molecular formula is C26H37N5O4. The van der Waals surface area contributed by atoms with Crippen molar-refractivity contribution in [2.75, 3.05) is 32.1 Å². The summed E-state index contributed by atoms with van der Waals surface area (Å²) in [5.41, 5.74) is 2.01. The molecule has 3 atom stereocenters. The minimum absolute atomic E-state index is 0.0171. The molecule has 3 N–H and O–H groups in total. The Bertz CT molecular complexity index is 1000. The van der Waals surface area contributed by atoms with Gasteiger partial charge < -0.3 is 25.4 Å². The van der Waals surface area contributed by atoms with Gasteiger partial charge in [0, 0.05) is 49.7 Å². The number of ether oxygens (including phenoxy) is 1. The van der Waals surface area contributed by atoms with Crippen LogP contribution >= 0.6 is 0 Å². The number of hydrogen-bond donors (Lipinski definition) is 3. The number of carbonyl (C=O) groups excluding carboxylic acids is 2. The number of urea groups is 1. The second kappa shape index (κ2) is 12.0. The molecule has 0 saturated heterocycles. The number of rotatable bonds is 8. The molecule has 0 unspecified atom stereocenters. The van der Waals surface area contributed by atoms with Gasteiger partial charge in [0.2, 0.25) is 0 Å². The van der Waals surface area contributed by atoms with Crippen molar-refractivity contribution in [3.05, 3.63) is 53.9 Å². The minimum Gasteiger partial charge on any atom is -0.488 e. The summed E-state index contributed by atoms with van der Waals surface area (Å²) in [5, 5.41) is 15.4. The Morgan fingerprint density at radius 3 is 2.63 bits per heavy atom. The molecule has 1 aliphatic heterocycles. The van der Waals surface area contributed by atoms with Crippen LogP contribution in [0.1, 0.15) is 43.6 Å². The lowest BCUT2D eigenvalue weighted by molar-refractivity contribution is 0.0341. The van der Waals surface area contributed by atoms with Crippen LogP contribution in [0.5, 0.6) is 5.75 Å². The Labute approximate surface area is 207 Å². The number of likely N-dealkylation sites (N-methyl/N-ethyl adjacent to an activating group) is 1. The molecule has 190 valence electrons. The Morgan fingerprint density at radius 1 is 1.26 bits per heavy atom. The molecule has 3 rings (SSSR count). The Balaban J connectivity index is 1.87. The van der Waals surface area contributed by atoms with Gasteiger partial charge in [-0.25, -0.2) is 4.79 Å². The number of amides is 3. The maximum absolute atomic E-state index is 13.5. The number of aromatic nitrogens is 1. The lowest BCUT2D eigenvalue weighted by Crippen LogP contribution is -2.49. The molecule has 9 nitrogen and oxygen atoms in total. The largest absolute Gasteiger partial charge is 0.488 e. The quantitative estimate of drug-likeness (QED) is 0.533. The Kier molecular flexibility index (Phi) is 9.06. The zero-order valence-electron chi connectivity index (χ0n) is 21.2. The van der Waals surface area contributed by atoms with Crippen LogP contribution in [-0.4, -0.2) is 76.8 Å². The smallest absolute Gasteiger partial charge is 0.319 e. The van der Waals surface area contributed by atoms with Crippen molar-refractivity contribution in [1.29, 1.82) is 0 Å². The van der Waals surface area contributed by atoms with Gasteiger partial charge in [-0.1, -0.05) is 6.92 Å². The number of hydrogen-bond acceptors (Lipinski definition) is 6. The molecule has 0 fully saturated rings.